The Balaban J connectivity index is 1.32. The van der Waals surface area contributed by atoms with Crippen LogP contribution in [0.3, 0.4) is 0 Å². The summed E-state index contributed by atoms with van der Waals surface area (Å²) in [4.78, 5) is 31.8. The molecule has 0 unspecified atom stereocenters. The van der Waals surface area contributed by atoms with Crippen molar-refractivity contribution in [2.45, 2.75) is 50.9 Å². The number of cyclic esters (lactones) is 1. The molecule has 2 aromatic carbocycles. The van der Waals surface area contributed by atoms with Gasteiger partial charge in [0, 0.05) is 42.6 Å². The minimum absolute atomic E-state index is 0.121. The van der Waals surface area contributed by atoms with E-state index in [0.717, 1.165) is 22.4 Å². The van der Waals surface area contributed by atoms with Gasteiger partial charge in [0.05, 0.1) is 17.3 Å². The van der Waals surface area contributed by atoms with Gasteiger partial charge in [0.2, 0.25) is 0 Å². The summed E-state index contributed by atoms with van der Waals surface area (Å²) in [6.45, 7) is 5.98. The molecule has 38 heavy (non-hydrogen) atoms. The Morgan fingerprint density at radius 3 is 2.42 bits per heavy atom. The van der Waals surface area contributed by atoms with Gasteiger partial charge >= 0.3 is 6.09 Å². The summed E-state index contributed by atoms with van der Waals surface area (Å²) in [6.07, 6.45) is 2.22. The van der Waals surface area contributed by atoms with E-state index in [1.54, 1.807) is 37.1 Å². The Morgan fingerprint density at radius 1 is 1.05 bits per heavy atom. The first-order valence-corrected chi connectivity index (χ1v) is 13.5. The average Bonchev–Trinajstić information content (AvgIpc) is 3.38. The van der Waals surface area contributed by atoms with Crippen LogP contribution < -0.4 is 5.56 Å². The fourth-order valence-corrected chi connectivity index (χ4v) is 5.92. The molecule has 1 fully saturated rings. The molecule has 7 nitrogen and oxygen atoms in total. The lowest BCUT2D eigenvalue weighted by atomic mass is 9.80. The maximum absolute atomic E-state index is 13.3. The average molecular weight is 530 g/mol. The summed E-state index contributed by atoms with van der Waals surface area (Å²) in [6, 6.07) is 22.5. The number of aromatic nitrogens is 2. The van der Waals surface area contributed by atoms with Crippen molar-refractivity contribution in [3.05, 3.63) is 106 Å². The second-order valence-electron chi connectivity index (χ2n) is 10.4. The van der Waals surface area contributed by atoms with Crippen LogP contribution >= 0.6 is 11.3 Å². The molecule has 1 N–H and O–H groups in total. The molecule has 1 aliphatic heterocycles. The lowest BCUT2D eigenvalue weighted by Crippen LogP contribution is -2.51. The Bertz CT molecular complexity index is 1470. The Labute approximate surface area is 226 Å². The summed E-state index contributed by atoms with van der Waals surface area (Å²) in [5.41, 5.74) is 1.61. The molecule has 1 amide bonds. The van der Waals surface area contributed by atoms with Gasteiger partial charge in [-0.2, -0.15) is 0 Å². The zero-order chi connectivity index (χ0) is 26.9. The van der Waals surface area contributed by atoms with Crippen LogP contribution in [0.15, 0.2) is 89.2 Å². The van der Waals surface area contributed by atoms with E-state index in [4.69, 9.17) is 4.74 Å². The van der Waals surface area contributed by atoms with Crippen LogP contribution in [0.4, 0.5) is 4.79 Å². The van der Waals surface area contributed by atoms with Crippen LogP contribution in [-0.4, -0.2) is 37.8 Å². The monoisotopic (exact) mass is 529 g/mol. The Hall–Kier alpha value is -3.75. The third-order valence-corrected chi connectivity index (χ3v) is 7.81. The molecule has 0 radical (unpaired) electrons. The highest BCUT2D eigenvalue weighted by Gasteiger charge is 2.46. The molecule has 5 rings (SSSR count). The van der Waals surface area contributed by atoms with Gasteiger partial charge in [0.25, 0.3) is 5.56 Å². The highest BCUT2D eigenvalue weighted by atomic mass is 32.1. The maximum Gasteiger partial charge on any atom is 0.411 e. The molecule has 8 heteroatoms. The molecular formula is C30H31N3O4S. The normalized spacial score (nSPS) is 18.7. The van der Waals surface area contributed by atoms with E-state index in [1.165, 1.54) is 22.0 Å². The molecule has 0 spiro atoms. The minimum Gasteiger partial charge on any atom is -0.438 e. The maximum atomic E-state index is 13.3. The minimum atomic E-state index is -0.996. The fraction of sp³-hybridized carbons (Fsp3) is 0.300. The van der Waals surface area contributed by atoms with E-state index >= 15 is 0 Å². The fourth-order valence-electron chi connectivity index (χ4n) is 5.10. The lowest BCUT2D eigenvalue weighted by molar-refractivity contribution is -0.101. The first kappa shape index (κ1) is 25.9. The first-order valence-electron chi connectivity index (χ1n) is 12.7. The number of benzene rings is 2. The van der Waals surface area contributed by atoms with Gasteiger partial charge in [-0.05, 0) is 38.0 Å². The number of amides is 1. The number of aliphatic hydroxyl groups is 1. The predicted octanol–water partition coefficient (Wildman–Crippen LogP) is 5.92. The molecule has 1 saturated heterocycles. The molecular weight excluding hydrogens is 498 g/mol. The van der Waals surface area contributed by atoms with E-state index in [9.17, 15) is 14.7 Å². The van der Waals surface area contributed by atoms with Crippen LogP contribution in [-0.2, 0) is 10.3 Å². The standard InChI is InChI=1S/C30H31N3O4S/c1-21(32-18-16-30(37-28(32)35,20-29(2,3)36)24-9-5-4-6-10-24)22-12-14-23(15-13-22)25-19-38-27(31-25)33-17-8-7-11-26(33)34/h4-15,17,19,21,36H,16,18,20H2,1-3H3/t21-,30-/m0/s1. The van der Waals surface area contributed by atoms with Crippen molar-refractivity contribution < 1.29 is 14.6 Å². The van der Waals surface area contributed by atoms with Crippen LogP contribution in [0, 0.1) is 0 Å². The number of rotatable bonds is 7. The van der Waals surface area contributed by atoms with Crippen LogP contribution in [0.25, 0.3) is 16.4 Å². The van der Waals surface area contributed by atoms with Gasteiger partial charge in [0.15, 0.2) is 5.13 Å². The van der Waals surface area contributed by atoms with E-state index in [2.05, 4.69) is 4.98 Å². The van der Waals surface area contributed by atoms with Crippen molar-refractivity contribution in [1.82, 2.24) is 14.5 Å². The quantitative estimate of drug-likeness (QED) is 0.321. The highest BCUT2D eigenvalue weighted by Crippen LogP contribution is 2.42. The number of carbonyl (C=O) groups is 1. The number of hydrogen-bond donors (Lipinski definition) is 1. The molecule has 0 bridgehead atoms. The van der Waals surface area contributed by atoms with Crippen molar-refractivity contribution >= 4 is 17.4 Å². The van der Waals surface area contributed by atoms with Gasteiger partial charge in [0.1, 0.15) is 5.60 Å². The second-order valence-corrected chi connectivity index (χ2v) is 11.2. The molecule has 196 valence electrons. The smallest absolute Gasteiger partial charge is 0.411 e. The van der Waals surface area contributed by atoms with Gasteiger partial charge in [-0.1, -0.05) is 60.7 Å². The third kappa shape index (κ3) is 5.28. The molecule has 0 saturated carbocycles. The van der Waals surface area contributed by atoms with Crippen LogP contribution in [0.2, 0.25) is 0 Å². The van der Waals surface area contributed by atoms with Gasteiger partial charge in [-0.15, -0.1) is 11.3 Å². The SMILES string of the molecule is C[C@@H](c1ccc(-c2csc(-n3ccccc3=O)n2)cc1)N1CC[C@](CC(C)(C)O)(c2ccccc2)OC1=O. The first-order chi connectivity index (χ1) is 18.2. The molecule has 1 aliphatic rings. The van der Waals surface area contributed by atoms with E-state index < -0.39 is 17.3 Å². The number of pyridine rings is 1. The number of hydrogen-bond acceptors (Lipinski definition) is 6. The van der Waals surface area contributed by atoms with Gasteiger partial charge < -0.3 is 14.7 Å². The number of nitrogens with zero attached hydrogens (tertiary/aromatic N) is 3. The van der Waals surface area contributed by atoms with Crippen molar-refractivity contribution in [2.75, 3.05) is 6.54 Å². The van der Waals surface area contributed by atoms with E-state index in [1.807, 2.05) is 66.9 Å². The highest BCUT2D eigenvalue weighted by molar-refractivity contribution is 7.12. The summed E-state index contributed by atoms with van der Waals surface area (Å²) in [5, 5.41) is 13.2. The van der Waals surface area contributed by atoms with Gasteiger partial charge in [-0.3, -0.25) is 9.36 Å². The zero-order valence-electron chi connectivity index (χ0n) is 21.7. The van der Waals surface area contributed by atoms with Crippen molar-refractivity contribution in [3.63, 3.8) is 0 Å². The molecule has 2 aromatic heterocycles. The van der Waals surface area contributed by atoms with Crippen molar-refractivity contribution in [3.8, 4) is 16.4 Å². The largest absolute Gasteiger partial charge is 0.438 e. The summed E-state index contributed by atoms with van der Waals surface area (Å²) >= 11 is 1.41. The predicted molar refractivity (Wildman–Crippen MR) is 148 cm³/mol. The van der Waals surface area contributed by atoms with E-state index in [0.29, 0.717) is 24.5 Å². The third-order valence-electron chi connectivity index (χ3n) is 6.97. The lowest BCUT2D eigenvalue weighted by Gasteiger charge is -2.45. The number of carbonyl (C=O) groups excluding carboxylic acids is 1. The second kappa shape index (κ2) is 10.2. The summed E-state index contributed by atoms with van der Waals surface area (Å²) in [7, 11) is 0. The molecule has 4 aromatic rings. The molecule has 2 atom stereocenters. The molecule has 0 aliphatic carbocycles. The van der Waals surface area contributed by atoms with Gasteiger partial charge in [-0.25, -0.2) is 9.78 Å². The number of ether oxygens (including phenoxy) is 1. The summed E-state index contributed by atoms with van der Waals surface area (Å²) < 4.78 is 7.66. The number of thiazole rings is 1. The van der Waals surface area contributed by atoms with Crippen LogP contribution in [0.1, 0.15) is 50.8 Å². The van der Waals surface area contributed by atoms with Crippen molar-refractivity contribution in [1.29, 1.82) is 0 Å². The van der Waals surface area contributed by atoms with Crippen molar-refractivity contribution in [2.24, 2.45) is 0 Å². The Morgan fingerprint density at radius 2 is 1.76 bits per heavy atom. The van der Waals surface area contributed by atoms with Crippen LogP contribution in [0.5, 0.6) is 0 Å². The Kier molecular flexibility index (Phi) is 6.94. The topological polar surface area (TPSA) is 84.7 Å². The van der Waals surface area contributed by atoms with E-state index in [-0.39, 0.29) is 11.6 Å². The zero-order valence-corrected chi connectivity index (χ0v) is 22.5. The molecule has 3 heterocycles. The summed E-state index contributed by atoms with van der Waals surface area (Å²) in [5.74, 6) is 0.